The second-order valence-corrected chi connectivity index (χ2v) is 4.32. The van der Waals surface area contributed by atoms with E-state index in [-0.39, 0.29) is 24.4 Å². The van der Waals surface area contributed by atoms with Crippen molar-refractivity contribution in [3.8, 4) is 0 Å². The van der Waals surface area contributed by atoms with E-state index in [0.29, 0.717) is 6.54 Å². The number of hydrogen-bond donors (Lipinski definition) is 2. The van der Waals surface area contributed by atoms with E-state index in [2.05, 4.69) is 25.6 Å². The fourth-order valence-electron chi connectivity index (χ4n) is 1.80. The molecule has 110 valence electrons. The number of methoxy groups -OCH3 is 1. The summed E-state index contributed by atoms with van der Waals surface area (Å²) in [6, 6.07) is 0. The van der Waals surface area contributed by atoms with E-state index in [1.54, 1.807) is 0 Å². The molecular formula is C11H17N5O4. The van der Waals surface area contributed by atoms with Crippen LogP contribution in [0.5, 0.6) is 0 Å². The first-order valence-electron chi connectivity index (χ1n) is 6.31. The predicted octanol–water partition coefficient (Wildman–Crippen LogP) is -0.248. The van der Waals surface area contributed by atoms with Crippen LogP contribution in [0.2, 0.25) is 0 Å². The van der Waals surface area contributed by atoms with Crippen molar-refractivity contribution in [2.75, 3.05) is 25.6 Å². The molecule has 0 aromatic carbocycles. The maximum absolute atomic E-state index is 11.7. The van der Waals surface area contributed by atoms with Gasteiger partial charge in [0.2, 0.25) is 5.91 Å². The minimum atomic E-state index is -0.639. The molecule has 1 unspecified atom stereocenters. The van der Waals surface area contributed by atoms with Crippen LogP contribution in [-0.4, -0.2) is 53.4 Å². The standard InChI is InChI=1S/C11H17N5O4/c1-19-11(18)14-9-6-13-16(15-9)7-10(17)12-5-8-3-2-4-20-8/h6,8H,2-5,7H2,1H3,(H,12,17)(H,14,15,18). The van der Waals surface area contributed by atoms with Crippen molar-refractivity contribution in [2.24, 2.45) is 0 Å². The van der Waals surface area contributed by atoms with Crippen LogP contribution in [0.25, 0.3) is 0 Å². The highest BCUT2D eigenvalue weighted by Gasteiger charge is 2.16. The Labute approximate surface area is 115 Å². The lowest BCUT2D eigenvalue weighted by atomic mass is 10.2. The maximum Gasteiger partial charge on any atom is 0.412 e. The van der Waals surface area contributed by atoms with Crippen molar-refractivity contribution in [1.82, 2.24) is 20.3 Å². The van der Waals surface area contributed by atoms with Gasteiger partial charge in [-0.3, -0.25) is 10.1 Å². The van der Waals surface area contributed by atoms with E-state index in [1.807, 2.05) is 0 Å². The summed E-state index contributed by atoms with van der Waals surface area (Å²) < 4.78 is 9.82. The van der Waals surface area contributed by atoms with Gasteiger partial charge in [0.15, 0.2) is 5.82 Å². The van der Waals surface area contributed by atoms with Crippen LogP contribution < -0.4 is 10.6 Å². The third-order valence-electron chi connectivity index (χ3n) is 2.79. The summed E-state index contributed by atoms with van der Waals surface area (Å²) in [5.74, 6) is 0.0181. The quantitative estimate of drug-likeness (QED) is 0.771. The molecule has 2 N–H and O–H groups in total. The molecule has 0 radical (unpaired) electrons. The summed E-state index contributed by atoms with van der Waals surface area (Å²) in [5, 5.41) is 12.9. The van der Waals surface area contributed by atoms with E-state index in [4.69, 9.17) is 4.74 Å². The first kappa shape index (κ1) is 14.3. The molecule has 1 fully saturated rings. The SMILES string of the molecule is COC(=O)Nc1cnn(CC(=O)NCC2CCCO2)n1. The highest BCUT2D eigenvalue weighted by molar-refractivity contribution is 5.82. The molecule has 2 rings (SSSR count). The molecule has 2 heterocycles. The largest absolute Gasteiger partial charge is 0.453 e. The number of aromatic nitrogens is 3. The first-order chi connectivity index (χ1) is 9.67. The summed E-state index contributed by atoms with van der Waals surface area (Å²) >= 11 is 0. The van der Waals surface area contributed by atoms with Crippen molar-refractivity contribution in [1.29, 1.82) is 0 Å². The van der Waals surface area contributed by atoms with Gasteiger partial charge in [-0.1, -0.05) is 0 Å². The van der Waals surface area contributed by atoms with Crippen molar-refractivity contribution in [3.63, 3.8) is 0 Å². The minimum Gasteiger partial charge on any atom is -0.453 e. The molecule has 1 aromatic heterocycles. The van der Waals surface area contributed by atoms with Crippen LogP contribution >= 0.6 is 0 Å². The number of anilines is 1. The van der Waals surface area contributed by atoms with E-state index in [9.17, 15) is 9.59 Å². The van der Waals surface area contributed by atoms with Gasteiger partial charge in [-0.15, -0.1) is 5.10 Å². The maximum atomic E-state index is 11.7. The van der Waals surface area contributed by atoms with Crippen molar-refractivity contribution in [3.05, 3.63) is 6.20 Å². The lowest BCUT2D eigenvalue weighted by Gasteiger charge is -2.10. The zero-order valence-corrected chi connectivity index (χ0v) is 11.2. The number of carbonyl (C=O) groups is 2. The Hall–Kier alpha value is -2.16. The highest BCUT2D eigenvalue weighted by atomic mass is 16.5. The molecule has 1 aliphatic heterocycles. The van der Waals surface area contributed by atoms with Gasteiger partial charge >= 0.3 is 6.09 Å². The lowest BCUT2D eigenvalue weighted by Crippen LogP contribution is -2.34. The van der Waals surface area contributed by atoms with Crippen molar-refractivity contribution >= 4 is 17.8 Å². The van der Waals surface area contributed by atoms with Crippen LogP contribution in [0.1, 0.15) is 12.8 Å². The van der Waals surface area contributed by atoms with E-state index in [0.717, 1.165) is 19.4 Å². The second kappa shape index (κ2) is 6.85. The van der Waals surface area contributed by atoms with Crippen LogP contribution in [0.3, 0.4) is 0 Å². The molecule has 0 saturated carbocycles. The molecule has 0 bridgehead atoms. The van der Waals surface area contributed by atoms with Crippen LogP contribution in [0, 0.1) is 0 Å². The molecule has 2 amide bonds. The summed E-state index contributed by atoms with van der Waals surface area (Å²) in [7, 11) is 1.25. The van der Waals surface area contributed by atoms with Gasteiger partial charge in [0, 0.05) is 13.2 Å². The Morgan fingerprint density at radius 1 is 1.60 bits per heavy atom. The zero-order valence-electron chi connectivity index (χ0n) is 11.2. The number of amides is 2. The highest BCUT2D eigenvalue weighted by Crippen LogP contribution is 2.10. The summed E-state index contributed by atoms with van der Waals surface area (Å²) in [6.45, 7) is 1.23. The molecule has 0 spiro atoms. The molecular weight excluding hydrogens is 266 g/mol. The number of hydrogen-bond acceptors (Lipinski definition) is 6. The van der Waals surface area contributed by atoms with E-state index in [1.165, 1.54) is 18.1 Å². The predicted molar refractivity (Wildman–Crippen MR) is 68.0 cm³/mol. The Balaban J connectivity index is 1.74. The molecule has 20 heavy (non-hydrogen) atoms. The number of nitrogens with one attached hydrogen (secondary N) is 2. The smallest absolute Gasteiger partial charge is 0.412 e. The van der Waals surface area contributed by atoms with Gasteiger partial charge in [0.05, 0.1) is 19.4 Å². The van der Waals surface area contributed by atoms with E-state index >= 15 is 0 Å². The lowest BCUT2D eigenvalue weighted by molar-refractivity contribution is -0.122. The first-order valence-corrected chi connectivity index (χ1v) is 6.31. The minimum absolute atomic E-state index is 0.0183. The Kier molecular flexibility index (Phi) is 4.88. The average molecular weight is 283 g/mol. The van der Waals surface area contributed by atoms with Gasteiger partial charge < -0.3 is 14.8 Å². The average Bonchev–Trinajstić information content (AvgIpc) is 3.08. The molecule has 1 saturated heterocycles. The zero-order chi connectivity index (χ0) is 14.4. The molecule has 1 aromatic rings. The van der Waals surface area contributed by atoms with Crippen LogP contribution in [0.4, 0.5) is 10.6 Å². The summed E-state index contributed by atoms with van der Waals surface area (Å²) in [5.41, 5.74) is 0. The monoisotopic (exact) mass is 283 g/mol. The molecule has 0 aliphatic carbocycles. The van der Waals surface area contributed by atoms with Gasteiger partial charge in [0.1, 0.15) is 6.54 Å². The second-order valence-electron chi connectivity index (χ2n) is 4.32. The molecule has 1 atom stereocenters. The Morgan fingerprint density at radius 2 is 2.45 bits per heavy atom. The topological polar surface area (TPSA) is 107 Å². The Bertz CT molecular complexity index is 469. The number of nitrogens with zero attached hydrogens (tertiary/aromatic N) is 3. The molecule has 1 aliphatic rings. The molecule has 9 nitrogen and oxygen atoms in total. The van der Waals surface area contributed by atoms with Crippen LogP contribution in [-0.2, 0) is 20.8 Å². The van der Waals surface area contributed by atoms with Crippen molar-refractivity contribution in [2.45, 2.75) is 25.5 Å². The fraction of sp³-hybridized carbons (Fsp3) is 0.636. The van der Waals surface area contributed by atoms with Gasteiger partial charge in [0.25, 0.3) is 0 Å². The Morgan fingerprint density at radius 3 is 3.15 bits per heavy atom. The summed E-state index contributed by atoms with van der Waals surface area (Å²) in [4.78, 5) is 23.8. The molecule has 9 heteroatoms. The number of rotatable bonds is 5. The van der Waals surface area contributed by atoms with Crippen LogP contribution in [0.15, 0.2) is 6.20 Å². The van der Waals surface area contributed by atoms with Crippen molar-refractivity contribution < 1.29 is 19.1 Å². The number of carbonyl (C=O) groups excluding carboxylic acids is 2. The van der Waals surface area contributed by atoms with Gasteiger partial charge in [-0.25, -0.2) is 4.79 Å². The summed E-state index contributed by atoms with van der Waals surface area (Å²) in [6.07, 6.45) is 2.79. The van der Waals surface area contributed by atoms with Gasteiger partial charge in [-0.05, 0) is 12.8 Å². The third-order valence-corrected chi connectivity index (χ3v) is 2.79. The van der Waals surface area contributed by atoms with Gasteiger partial charge in [-0.2, -0.15) is 9.90 Å². The third kappa shape index (κ3) is 4.19. The van der Waals surface area contributed by atoms with E-state index < -0.39 is 6.09 Å². The normalized spacial score (nSPS) is 17.8. The number of ether oxygens (including phenoxy) is 2. The fourth-order valence-corrected chi connectivity index (χ4v) is 1.80.